The lowest BCUT2D eigenvalue weighted by atomic mass is 9.95. The van der Waals surface area contributed by atoms with Crippen molar-refractivity contribution in [2.45, 2.75) is 0 Å². The maximum absolute atomic E-state index is 10.9. The molecule has 0 saturated heterocycles. The maximum Gasteiger partial charge on any atom is 0.346 e. The summed E-state index contributed by atoms with van der Waals surface area (Å²) in [7, 11) is 0. The average Bonchev–Trinajstić information content (AvgIpc) is 3.65. The molecule has 5 aromatic rings. The van der Waals surface area contributed by atoms with Gasteiger partial charge in [0.25, 0.3) is 0 Å². The lowest BCUT2D eigenvalue weighted by Gasteiger charge is -2.09. The minimum Gasteiger partial charge on any atom is -0.477 e. The van der Waals surface area contributed by atoms with E-state index < -0.39 is 5.97 Å². The van der Waals surface area contributed by atoms with E-state index in [0.29, 0.717) is 0 Å². The van der Waals surface area contributed by atoms with Gasteiger partial charge in [-0.3, -0.25) is 0 Å². The number of nitrogens with zero attached hydrogens (tertiary/aromatic N) is 1. The molecular formula is C34H23NO2S2. The number of nitriles is 1. The van der Waals surface area contributed by atoms with Crippen LogP contribution in [0, 0.1) is 11.3 Å². The highest BCUT2D eigenvalue weighted by atomic mass is 32.1. The molecule has 0 atom stereocenters. The van der Waals surface area contributed by atoms with Gasteiger partial charge in [0.1, 0.15) is 11.6 Å². The van der Waals surface area contributed by atoms with Gasteiger partial charge in [-0.15, -0.1) is 22.7 Å². The van der Waals surface area contributed by atoms with Gasteiger partial charge in [-0.25, -0.2) is 4.79 Å². The number of carbonyl (C=O) groups is 1. The summed E-state index contributed by atoms with van der Waals surface area (Å²) < 4.78 is 0. The first-order valence-corrected chi connectivity index (χ1v) is 13.9. The summed E-state index contributed by atoms with van der Waals surface area (Å²) >= 11 is 3.36. The molecule has 0 unspecified atom stereocenters. The third-order valence-corrected chi connectivity index (χ3v) is 8.41. The summed E-state index contributed by atoms with van der Waals surface area (Å²) in [6, 6.07) is 39.6. The highest BCUT2D eigenvalue weighted by Gasteiger charge is 2.09. The molecule has 39 heavy (non-hydrogen) atoms. The van der Waals surface area contributed by atoms with Crippen molar-refractivity contribution in [3.63, 3.8) is 0 Å². The summed E-state index contributed by atoms with van der Waals surface area (Å²) in [6.07, 6.45) is 6.96. The quantitative estimate of drug-likeness (QED) is 0.0921. The highest BCUT2D eigenvalue weighted by Crippen LogP contribution is 2.38. The van der Waals surface area contributed by atoms with E-state index in [1.807, 2.05) is 24.3 Å². The van der Waals surface area contributed by atoms with E-state index in [0.717, 1.165) is 15.3 Å². The Kier molecular flexibility index (Phi) is 8.09. The Morgan fingerprint density at radius 3 is 1.92 bits per heavy atom. The molecular weight excluding hydrogens is 519 g/mol. The molecule has 188 valence electrons. The minimum atomic E-state index is -1.22. The number of rotatable bonds is 8. The summed E-state index contributed by atoms with van der Waals surface area (Å²) in [5, 5.41) is 17.8. The molecule has 1 N–H and O–H groups in total. The van der Waals surface area contributed by atoms with Crippen LogP contribution in [-0.4, -0.2) is 11.1 Å². The number of carboxylic acids is 1. The van der Waals surface area contributed by atoms with Gasteiger partial charge in [-0.2, -0.15) is 5.26 Å². The molecule has 5 heteroatoms. The molecule has 0 saturated carbocycles. The van der Waals surface area contributed by atoms with Crippen LogP contribution in [0.3, 0.4) is 0 Å². The molecule has 0 fully saturated rings. The van der Waals surface area contributed by atoms with Crippen LogP contribution in [0.1, 0.15) is 21.6 Å². The van der Waals surface area contributed by atoms with Gasteiger partial charge >= 0.3 is 5.97 Å². The Labute approximate surface area is 235 Å². The first kappa shape index (κ1) is 25.9. The zero-order chi connectivity index (χ0) is 27.0. The molecule has 0 aliphatic heterocycles. The van der Waals surface area contributed by atoms with E-state index in [1.54, 1.807) is 34.8 Å². The van der Waals surface area contributed by atoms with Gasteiger partial charge in [0.15, 0.2) is 0 Å². The number of hydrogen-bond acceptors (Lipinski definition) is 4. The van der Waals surface area contributed by atoms with Crippen molar-refractivity contribution in [3.05, 3.63) is 148 Å². The summed E-state index contributed by atoms with van der Waals surface area (Å²) in [5.74, 6) is -1.22. The fraction of sp³-hybridized carbons (Fsp3) is 0. The van der Waals surface area contributed by atoms with E-state index in [4.69, 9.17) is 10.4 Å². The van der Waals surface area contributed by atoms with E-state index in [2.05, 4.69) is 97.1 Å². The van der Waals surface area contributed by atoms with Crippen LogP contribution in [0.4, 0.5) is 0 Å². The third-order valence-electron chi connectivity index (χ3n) is 6.03. The topological polar surface area (TPSA) is 61.1 Å². The molecule has 5 rings (SSSR count). The van der Waals surface area contributed by atoms with Crippen LogP contribution in [-0.2, 0) is 4.79 Å². The Balaban J connectivity index is 1.35. The molecule has 3 aromatic carbocycles. The largest absolute Gasteiger partial charge is 0.477 e. The van der Waals surface area contributed by atoms with Gasteiger partial charge in [0, 0.05) is 19.5 Å². The Hall–Kier alpha value is -4.76. The van der Waals surface area contributed by atoms with Crippen LogP contribution >= 0.6 is 22.7 Å². The minimum absolute atomic E-state index is 0.288. The first-order valence-electron chi connectivity index (χ1n) is 12.3. The molecule has 2 heterocycles. The van der Waals surface area contributed by atoms with Gasteiger partial charge in [0.05, 0.1) is 0 Å². The van der Waals surface area contributed by atoms with Gasteiger partial charge in [-0.05, 0) is 70.3 Å². The fourth-order valence-corrected chi connectivity index (χ4v) is 6.10. The zero-order valence-electron chi connectivity index (χ0n) is 20.8. The van der Waals surface area contributed by atoms with Crippen molar-refractivity contribution in [3.8, 4) is 26.3 Å². The number of carboxylic acid groups (broad SMARTS) is 1. The summed E-state index contributed by atoms with van der Waals surface area (Å²) in [5.41, 5.74) is 5.58. The van der Waals surface area contributed by atoms with Crippen LogP contribution in [0.25, 0.3) is 37.9 Å². The zero-order valence-corrected chi connectivity index (χ0v) is 22.5. The molecule has 3 nitrogen and oxygen atoms in total. The van der Waals surface area contributed by atoms with Crippen molar-refractivity contribution in [2.24, 2.45) is 0 Å². The molecule has 0 aliphatic carbocycles. The molecule has 0 radical (unpaired) electrons. The van der Waals surface area contributed by atoms with E-state index >= 15 is 0 Å². The second kappa shape index (κ2) is 12.2. The van der Waals surface area contributed by atoms with Crippen LogP contribution < -0.4 is 0 Å². The maximum atomic E-state index is 10.9. The lowest BCUT2D eigenvalue weighted by molar-refractivity contribution is -0.132. The van der Waals surface area contributed by atoms with Gasteiger partial charge < -0.3 is 5.11 Å². The standard InChI is InChI=1S/C34H23NO2S2/c35-23-28(34(36)37)12-7-13-29-18-19-32(38-29)33-21-20-31(39-33)27-16-14-24(15-17-27)22-30(25-8-3-1-4-9-25)26-10-5-2-6-11-26/h1-22H,(H,36,37)/b13-7+,28-12-. The van der Waals surface area contributed by atoms with E-state index in [9.17, 15) is 4.79 Å². The smallest absolute Gasteiger partial charge is 0.346 e. The van der Waals surface area contributed by atoms with Crippen LogP contribution in [0.15, 0.2) is 127 Å². The molecule has 0 bridgehead atoms. The second-order valence-corrected chi connectivity index (χ2v) is 10.8. The molecule has 2 aromatic heterocycles. The first-order chi connectivity index (χ1) is 19.1. The number of benzene rings is 3. The van der Waals surface area contributed by atoms with Gasteiger partial charge in [-0.1, -0.05) is 91.0 Å². The van der Waals surface area contributed by atoms with Crippen molar-refractivity contribution in [2.75, 3.05) is 0 Å². The molecule has 0 amide bonds. The Bertz CT molecular complexity index is 1670. The van der Waals surface area contributed by atoms with Gasteiger partial charge in [0.2, 0.25) is 0 Å². The second-order valence-electron chi connectivity index (χ2n) is 8.63. The van der Waals surface area contributed by atoms with Crippen LogP contribution in [0.5, 0.6) is 0 Å². The SMILES string of the molecule is N#C/C(=C/C=C/c1ccc(-c2ccc(-c3ccc(C=C(c4ccccc4)c4ccccc4)cc3)s2)s1)C(=O)O. The third kappa shape index (κ3) is 6.39. The Morgan fingerprint density at radius 1 is 0.718 bits per heavy atom. The number of thiophene rings is 2. The van der Waals surface area contributed by atoms with Crippen LogP contribution in [0.2, 0.25) is 0 Å². The van der Waals surface area contributed by atoms with Crippen molar-refractivity contribution in [1.82, 2.24) is 0 Å². The van der Waals surface area contributed by atoms with Crippen molar-refractivity contribution < 1.29 is 9.90 Å². The van der Waals surface area contributed by atoms with Crippen molar-refractivity contribution >= 4 is 46.4 Å². The predicted octanol–water partition coefficient (Wildman–Crippen LogP) is 9.28. The van der Waals surface area contributed by atoms with E-state index in [-0.39, 0.29) is 5.57 Å². The average molecular weight is 542 g/mol. The highest BCUT2D eigenvalue weighted by molar-refractivity contribution is 7.24. The monoisotopic (exact) mass is 541 g/mol. The lowest BCUT2D eigenvalue weighted by Crippen LogP contribution is -1.96. The van der Waals surface area contributed by atoms with Crippen molar-refractivity contribution in [1.29, 1.82) is 5.26 Å². The fourth-order valence-electron chi connectivity index (χ4n) is 4.07. The Morgan fingerprint density at radius 2 is 1.31 bits per heavy atom. The van der Waals surface area contributed by atoms with E-state index in [1.165, 1.54) is 38.1 Å². The number of allylic oxidation sites excluding steroid dienone is 2. The summed E-state index contributed by atoms with van der Waals surface area (Å²) in [4.78, 5) is 15.4. The summed E-state index contributed by atoms with van der Waals surface area (Å²) in [6.45, 7) is 0. The normalized spacial score (nSPS) is 11.3. The number of aliphatic carboxylic acids is 1. The number of hydrogen-bond donors (Lipinski definition) is 1. The molecule has 0 spiro atoms. The molecule has 0 aliphatic rings. The predicted molar refractivity (Wildman–Crippen MR) is 163 cm³/mol.